The summed E-state index contributed by atoms with van der Waals surface area (Å²) in [6.45, 7) is 1.33. The highest BCUT2D eigenvalue weighted by molar-refractivity contribution is 5.76. The van der Waals surface area contributed by atoms with Crippen molar-refractivity contribution >= 4 is 5.91 Å². The first-order valence-corrected chi connectivity index (χ1v) is 6.65. The fraction of sp³-hybridized carbons (Fsp3) is 0.571. The van der Waals surface area contributed by atoms with Crippen LogP contribution < -0.4 is 5.73 Å². The molecular formula is C14H21N3O2. The fourth-order valence-corrected chi connectivity index (χ4v) is 2.37. The molecule has 1 saturated heterocycles. The monoisotopic (exact) mass is 263 g/mol. The molecule has 0 spiro atoms. The predicted molar refractivity (Wildman–Crippen MR) is 72.5 cm³/mol. The van der Waals surface area contributed by atoms with Crippen LogP contribution in [0.1, 0.15) is 18.4 Å². The zero-order chi connectivity index (χ0) is 13.7. The van der Waals surface area contributed by atoms with Gasteiger partial charge in [0.05, 0.1) is 6.10 Å². The van der Waals surface area contributed by atoms with Crippen LogP contribution >= 0.6 is 0 Å². The van der Waals surface area contributed by atoms with E-state index in [0.717, 1.165) is 24.9 Å². The maximum absolute atomic E-state index is 12.1. The SMILES string of the molecule is CO[C@@H]1CN(C(=O)CCc2cccnc2)CC[C@@H]1N. The summed E-state index contributed by atoms with van der Waals surface area (Å²) in [4.78, 5) is 18.1. The largest absolute Gasteiger partial charge is 0.378 e. The Morgan fingerprint density at radius 3 is 3.16 bits per heavy atom. The normalized spacial score (nSPS) is 23.4. The van der Waals surface area contributed by atoms with E-state index < -0.39 is 0 Å². The third-order valence-corrected chi connectivity index (χ3v) is 3.62. The first-order chi connectivity index (χ1) is 9.20. The number of hydrogen-bond acceptors (Lipinski definition) is 4. The first kappa shape index (κ1) is 14.0. The van der Waals surface area contributed by atoms with Crippen LogP contribution in [-0.2, 0) is 16.0 Å². The van der Waals surface area contributed by atoms with Gasteiger partial charge in [-0.05, 0) is 24.5 Å². The summed E-state index contributed by atoms with van der Waals surface area (Å²) >= 11 is 0. The fourth-order valence-electron chi connectivity index (χ4n) is 2.37. The van der Waals surface area contributed by atoms with Crippen LogP contribution in [0.25, 0.3) is 0 Å². The standard InChI is InChI=1S/C14H21N3O2/c1-19-13-10-17(8-6-12(13)15)14(18)5-4-11-3-2-7-16-9-11/h2-3,7,9,12-13H,4-6,8,10,15H2,1H3/t12-,13+/m0/s1. The molecule has 1 aliphatic heterocycles. The van der Waals surface area contributed by atoms with Gasteiger partial charge in [0.25, 0.3) is 0 Å². The molecule has 2 atom stereocenters. The second-order valence-electron chi connectivity index (χ2n) is 4.93. The molecule has 0 aromatic carbocycles. The molecule has 0 bridgehead atoms. The van der Waals surface area contributed by atoms with E-state index in [-0.39, 0.29) is 18.1 Å². The van der Waals surface area contributed by atoms with E-state index in [0.29, 0.717) is 13.0 Å². The topological polar surface area (TPSA) is 68.5 Å². The zero-order valence-corrected chi connectivity index (χ0v) is 11.3. The number of aryl methyl sites for hydroxylation is 1. The highest BCUT2D eigenvalue weighted by atomic mass is 16.5. The van der Waals surface area contributed by atoms with Crippen molar-refractivity contribution in [3.05, 3.63) is 30.1 Å². The van der Waals surface area contributed by atoms with Gasteiger partial charge in [0.15, 0.2) is 0 Å². The second kappa shape index (κ2) is 6.63. The number of likely N-dealkylation sites (tertiary alicyclic amines) is 1. The van der Waals surface area contributed by atoms with Crippen LogP contribution in [-0.4, -0.2) is 48.1 Å². The molecule has 1 aromatic heterocycles. The first-order valence-electron chi connectivity index (χ1n) is 6.65. The Hall–Kier alpha value is -1.46. The van der Waals surface area contributed by atoms with E-state index in [2.05, 4.69) is 4.98 Å². The van der Waals surface area contributed by atoms with Crippen molar-refractivity contribution in [1.29, 1.82) is 0 Å². The van der Waals surface area contributed by atoms with Gasteiger partial charge in [-0.25, -0.2) is 0 Å². The Morgan fingerprint density at radius 1 is 1.63 bits per heavy atom. The Labute approximate surface area is 113 Å². The number of amides is 1. The highest BCUT2D eigenvalue weighted by Crippen LogP contribution is 2.13. The Balaban J connectivity index is 1.83. The zero-order valence-electron chi connectivity index (χ0n) is 11.3. The third kappa shape index (κ3) is 3.75. The van der Waals surface area contributed by atoms with Crippen LogP contribution in [0, 0.1) is 0 Å². The summed E-state index contributed by atoms with van der Waals surface area (Å²) in [5.74, 6) is 0.165. The molecular weight excluding hydrogens is 242 g/mol. The molecule has 1 amide bonds. The number of aromatic nitrogens is 1. The van der Waals surface area contributed by atoms with Gasteiger partial charge in [0.2, 0.25) is 5.91 Å². The van der Waals surface area contributed by atoms with Gasteiger partial charge in [0.1, 0.15) is 0 Å². The van der Waals surface area contributed by atoms with Crippen LogP contribution in [0.4, 0.5) is 0 Å². The summed E-state index contributed by atoms with van der Waals surface area (Å²) in [5.41, 5.74) is 7.04. The number of pyridine rings is 1. The minimum atomic E-state index is -0.0453. The second-order valence-corrected chi connectivity index (χ2v) is 4.93. The number of ether oxygens (including phenoxy) is 1. The number of methoxy groups -OCH3 is 1. The van der Waals surface area contributed by atoms with Crippen molar-refractivity contribution in [2.45, 2.75) is 31.4 Å². The predicted octanol–water partition coefficient (Wildman–Crippen LogP) is 0.589. The maximum atomic E-state index is 12.1. The van der Waals surface area contributed by atoms with Crippen molar-refractivity contribution in [1.82, 2.24) is 9.88 Å². The Morgan fingerprint density at radius 2 is 2.47 bits per heavy atom. The molecule has 104 valence electrons. The van der Waals surface area contributed by atoms with E-state index in [9.17, 15) is 4.79 Å². The highest BCUT2D eigenvalue weighted by Gasteiger charge is 2.28. The number of rotatable bonds is 4. The Kier molecular flexibility index (Phi) is 4.87. The number of piperidine rings is 1. The molecule has 5 heteroatoms. The minimum absolute atomic E-state index is 0.0346. The molecule has 0 saturated carbocycles. The van der Waals surface area contributed by atoms with Crippen molar-refractivity contribution in [3.8, 4) is 0 Å². The minimum Gasteiger partial charge on any atom is -0.378 e. The lowest BCUT2D eigenvalue weighted by Gasteiger charge is -2.36. The van der Waals surface area contributed by atoms with Crippen LogP contribution in [0.5, 0.6) is 0 Å². The average molecular weight is 263 g/mol. The van der Waals surface area contributed by atoms with Gasteiger partial charge in [-0.1, -0.05) is 6.07 Å². The Bertz CT molecular complexity index is 410. The molecule has 2 rings (SSSR count). The summed E-state index contributed by atoms with van der Waals surface area (Å²) in [6.07, 6.45) is 5.54. The maximum Gasteiger partial charge on any atom is 0.222 e. The lowest BCUT2D eigenvalue weighted by Crippen LogP contribution is -2.53. The van der Waals surface area contributed by atoms with Crippen LogP contribution in [0.3, 0.4) is 0 Å². The molecule has 5 nitrogen and oxygen atoms in total. The van der Waals surface area contributed by atoms with Crippen molar-refractivity contribution in [2.75, 3.05) is 20.2 Å². The molecule has 0 unspecified atom stereocenters. The average Bonchev–Trinajstić information content (AvgIpc) is 2.46. The van der Waals surface area contributed by atoms with Crippen molar-refractivity contribution in [2.24, 2.45) is 5.73 Å². The van der Waals surface area contributed by atoms with Gasteiger partial charge in [-0.2, -0.15) is 0 Å². The van der Waals surface area contributed by atoms with Gasteiger partial charge in [-0.15, -0.1) is 0 Å². The van der Waals surface area contributed by atoms with E-state index in [1.165, 1.54) is 0 Å². The van der Waals surface area contributed by atoms with E-state index in [1.807, 2.05) is 17.0 Å². The molecule has 2 heterocycles. The number of carbonyl (C=O) groups excluding carboxylic acids is 1. The summed E-state index contributed by atoms with van der Waals surface area (Å²) in [7, 11) is 1.65. The van der Waals surface area contributed by atoms with Gasteiger partial charge >= 0.3 is 0 Å². The number of carbonyl (C=O) groups is 1. The molecule has 1 aromatic rings. The quantitative estimate of drug-likeness (QED) is 0.863. The van der Waals surface area contributed by atoms with Gasteiger partial charge in [-0.3, -0.25) is 9.78 Å². The molecule has 0 aliphatic carbocycles. The van der Waals surface area contributed by atoms with Gasteiger partial charge in [0, 0.05) is 45.1 Å². The molecule has 0 radical (unpaired) electrons. The number of hydrogen-bond donors (Lipinski definition) is 1. The summed E-state index contributed by atoms with van der Waals surface area (Å²) in [6, 6.07) is 3.91. The molecule has 19 heavy (non-hydrogen) atoms. The smallest absolute Gasteiger partial charge is 0.222 e. The summed E-state index contributed by atoms with van der Waals surface area (Å²) in [5, 5.41) is 0. The molecule has 1 fully saturated rings. The van der Waals surface area contributed by atoms with Gasteiger partial charge < -0.3 is 15.4 Å². The summed E-state index contributed by atoms with van der Waals surface area (Å²) < 4.78 is 5.32. The van der Waals surface area contributed by atoms with Crippen molar-refractivity contribution in [3.63, 3.8) is 0 Å². The van der Waals surface area contributed by atoms with E-state index >= 15 is 0 Å². The van der Waals surface area contributed by atoms with Crippen LogP contribution in [0.2, 0.25) is 0 Å². The third-order valence-electron chi connectivity index (χ3n) is 3.62. The van der Waals surface area contributed by atoms with Crippen LogP contribution in [0.15, 0.2) is 24.5 Å². The molecule has 1 aliphatic rings. The number of nitrogens with two attached hydrogens (primary N) is 1. The van der Waals surface area contributed by atoms with Crippen molar-refractivity contribution < 1.29 is 9.53 Å². The number of nitrogens with zero attached hydrogens (tertiary/aromatic N) is 2. The lowest BCUT2D eigenvalue weighted by molar-refractivity contribution is -0.135. The van der Waals surface area contributed by atoms with E-state index in [4.69, 9.17) is 10.5 Å². The lowest BCUT2D eigenvalue weighted by atomic mass is 10.0. The van der Waals surface area contributed by atoms with E-state index in [1.54, 1.807) is 19.5 Å². The molecule has 2 N–H and O–H groups in total.